The van der Waals surface area contributed by atoms with E-state index in [1.165, 1.54) is 11.3 Å². The van der Waals surface area contributed by atoms with Crippen LogP contribution in [0.2, 0.25) is 0 Å². The van der Waals surface area contributed by atoms with Crippen molar-refractivity contribution in [2.24, 2.45) is 7.05 Å². The molecule has 0 aliphatic carbocycles. The quantitative estimate of drug-likeness (QED) is 0.462. The van der Waals surface area contributed by atoms with Gasteiger partial charge in [0.25, 0.3) is 17.7 Å². The van der Waals surface area contributed by atoms with Crippen LogP contribution in [0.4, 0.5) is 0 Å². The van der Waals surface area contributed by atoms with Crippen molar-refractivity contribution in [1.82, 2.24) is 25.3 Å². The normalized spacial score (nSPS) is 13.7. The molecular formula is C24H23N5O3S. The molecule has 4 rings (SSSR count). The molecule has 1 saturated heterocycles. The second-order valence-corrected chi connectivity index (χ2v) is 8.56. The third-order valence-corrected chi connectivity index (χ3v) is 6.45. The largest absolute Gasteiger partial charge is 0.347 e. The molecule has 0 unspecified atom stereocenters. The van der Waals surface area contributed by atoms with Gasteiger partial charge in [0.1, 0.15) is 11.4 Å². The Labute approximate surface area is 195 Å². The molecule has 3 heterocycles. The lowest BCUT2D eigenvalue weighted by Crippen LogP contribution is -2.42. The van der Waals surface area contributed by atoms with Crippen molar-refractivity contribution < 1.29 is 14.4 Å². The number of carbonyl (C=O) groups excluding carboxylic acids is 3. The first-order chi connectivity index (χ1) is 16.0. The molecule has 1 aliphatic rings. The molecule has 1 fully saturated rings. The average molecular weight is 462 g/mol. The maximum absolute atomic E-state index is 12.4. The van der Waals surface area contributed by atoms with Gasteiger partial charge in [0.2, 0.25) is 0 Å². The van der Waals surface area contributed by atoms with Crippen LogP contribution < -0.4 is 10.9 Å². The fourth-order valence-corrected chi connectivity index (χ4v) is 4.55. The standard InChI is InChI=1S/C24H23N5O3S/c1-28-13-5-8-20(28)23(32)27-26-22(31)19-16-33-24(25-19)18-11-14-29(15-12-18)21(30)10-9-17-6-3-2-4-7-17/h2-8,13,16,18H,11-12,14-15H2,1H3,(H,26,31)(H,27,32). The summed E-state index contributed by atoms with van der Waals surface area (Å²) in [5.41, 5.74) is 6.31. The van der Waals surface area contributed by atoms with E-state index in [4.69, 9.17) is 0 Å². The third-order valence-electron chi connectivity index (χ3n) is 5.44. The van der Waals surface area contributed by atoms with Crippen molar-refractivity contribution in [2.75, 3.05) is 13.1 Å². The van der Waals surface area contributed by atoms with E-state index in [0.717, 1.165) is 23.4 Å². The van der Waals surface area contributed by atoms with Gasteiger partial charge in [-0.05, 0) is 37.1 Å². The Morgan fingerprint density at radius 3 is 2.45 bits per heavy atom. The van der Waals surface area contributed by atoms with Crippen molar-refractivity contribution in [1.29, 1.82) is 0 Å². The highest BCUT2D eigenvalue weighted by atomic mass is 32.1. The topological polar surface area (TPSA) is 96.3 Å². The number of hydrazine groups is 1. The van der Waals surface area contributed by atoms with Crippen molar-refractivity contribution in [2.45, 2.75) is 18.8 Å². The first kappa shape index (κ1) is 22.3. The molecule has 2 aromatic heterocycles. The number of thiazole rings is 1. The van der Waals surface area contributed by atoms with Crippen LogP contribution in [-0.4, -0.2) is 45.3 Å². The number of aromatic nitrogens is 2. The minimum absolute atomic E-state index is 0.175. The Balaban J connectivity index is 1.27. The smallest absolute Gasteiger partial charge is 0.298 e. The van der Waals surface area contributed by atoms with Gasteiger partial charge in [-0.25, -0.2) is 4.98 Å². The van der Waals surface area contributed by atoms with Gasteiger partial charge in [0, 0.05) is 49.1 Å². The zero-order valence-electron chi connectivity index (χ0n) is 18.1. The zero-order valence-corrected chi connectivity index (χ0v) is 18.9. The molecule has 0 saturated carbocycles. The molecule has 33 heavy (non-hydrogen) atoms. The Hall–Kier alpha value is -3.90. The number of amides is 3. The number of nitrogens with one attached hydrogen (secondary N) is 2. The predicted molar refractivity (Wildman–Crippen MR) is 124 cm³/mol. The van der Waals surface area contributed by atoms with E-state index < -0.39 is 11.8 Å². The number of rotatable bonds is 3. The Kier molecular flexibility index (Phi) is 6.86. The van der Waals surface area contributed by atoms with E-state index >= 15 is 0 Å². The Morgan fingerprint density at radius 1 is 1.03 bits per heavy atom. The summed E-state index contributed by atoms with van der Waals surface area (Å²) in [6, 6.07) is 12.8. The molecule has 0 atom stereocenters. The number of aryl methyl sites for hydroxylation is 1. The van der Waals surface area contributed by atoms with Gasteiger partial charge >= 0.3 is 0 Å². The molecule has 1 aliphatic heterocycles. The fourth-order valence-electron chi connectivity index (χ4n) is 3.57. The van der Waals surface area contributed by atoms with E-state index in [1.807, 2.05) is 30.3 Å². The van der Waals surface area contributed by atoms with Crippen LogP contribution in [0.3, 0.4) is 0 Å². The summed E-state index contributed by atoms with van der Waals surface area (Å²) in [4.78, 5) is 43.1. The molecule has 0 bridgehead atoms. The first-order valence-corrected chi connectivity index (χ1v) is 11.4. The van der Waals surface area contributed by atoms with E-state index in [9.17, 15) is 14.4 Å². The third kappa shape index (κ3) is 5.48. The number of carbonyl (C=O) groups is 3. The van der Waals surface area contributed by atoms with E-state index in [-0.39, 0.29) is 17.5 Å². The zero-order chi connectivity index (χ0) is 23.2. The summed E-state index contributed by atoms with van der Waals surface area (Å²) < 4.78 is 1.66. The summed E-state index contributed by atoms with van der Waals surface area (Å²) in [6.45, 7) is 1.20. The van der Waals surface area contributed by atoms with E-state index in [0.29, 0.717) is 18.8 Å². The van der Waals surface area contributed by atoms with Crippen LogP contribution in [0.1, 0.15) is 50.3 Å². The highest BCUT2D eigenvalue weighted by Gasteiger charge is 2.26. The summed E-state index contributed by atoms with van der Waals surface area (Å²) in [5.74, 6) is 4.75. The molecule has 3 amide bonds. The van der Waals surface area contributed by atoms with Gasteiger partial charge in [-0.1, -0.05) is 24.1 Å². The molecule has 3 aromatic rings. The molecule has 2 N–H and O–H groups in total. The molecule has 8 nitrogen and oxygen atoms in total. The number of likely N-dealkylation sites (tertiary alicyclic amines) is 1. The first-order valence-electron chi connectivity index (χ1n) is 10.5. The van der Waals surface area contributed by atoms with Gasteiger partial charge in [0.15, 0.2) is 0 Å². The lowest BCUT2D eigenvalue weighted by Gasteiger charge is -2.29. The van der Waals surface area contributed by atoms with Crippen molar-refractivity contribution in [3.05, 3.63) is 76.0 Å². The van der Waals surface area contributed by atoms with Gasteiger partial charge in [-0.2, -0.15) is 0 Å². The van der Waals surface area contributed by atoms with Gasteiger partial charge in [0.05, 0.1) is 5.01 Å². The molecule has 168 valence electrons. The SMILES string of the molecule is Cn1cccc1C(=O)NNC(=O)c1csc(C2CCN(C(=O)C#Cc3ccccc3)CC2)n1. The number of benzene rings is 1. The number of piperidine rings is 1. The monoisotopic (exact) mass is 461 g/mol. The van der Waals surface area contributed by atoms with Crippen LogP contribution >= 0.6 is 11.3 Å². The van der Waals surface area contributed by atoms with Crippen molar-refractivity contribution in [3.8, 4) is 11.8 Å². The van der Waals surface area contributed by atoms with Crippen LogP contribution in [0.25, 0.3) is 0 Å². The van der Waals surface area contributed by atoms with Crippen molar-refractivity contribution >= 4 is 29.1 Å². The maximum atomic E-state index is 12.4. The fraction of sp³-hybridized carbons (Fsp3) is 0.250. The van der Waals surface area contributed by atoms with E-state index in [2.05, 4.69) is 27.7 Å². The number of hydrogen-bond donors (Lipinski definition) is 2. The average Bonchev–Trinajstić information content (AvgIpc) is 3.51. The predicted octanol–water partition coefficient (Wildman–Crippen LogP) is 2.31. The maximum Gasteiger partial charge on any atom is 0.298 e. The summed E-state index contributed by atoms with van der Waals surface area (Å²) in [6.07, 6.45) is 3.27. The van der Waals surface area contributed by atoms with Crippen LogP contribution in [0.5, 0.6) is 0 Å². The minimum Gasteiger partial charge on any atom is -0.347 e. The van der Waals surface area contributed by atoms with Gasteiger partial charge in [-0.3, -0.25) is 25.2 Å². The summed E-state index contributed by atoms with van der Waals surface area (Å²) in [5, 5.41) is 2.54. The molecular weight excluding hydrogens is 438 g/mol. The highest BCUT2D eigenvalue weighted by Crippen LogP contribution is 2.30. The van der Waals surface area contributed by atoms with E-state index in [1.54, 1.807) is 40.2 Å². The number of nitrogens with zero attached hydrogens (tertiary/aromatic N) is 3. The number of hydrogen-bond acceptors (Lipinski definition) is 5. The van der Waals surface area contributed by atoms with Crippen molar-refractivity contribution in [3.63, 3.8) is 0 Å². The minimum atomic E-state index is -0.469. The second kappa shape index (κ2) is 10.1. The van der Waals surface area contributed by atoms with Crippen LogP contribution in [0, 0.1) is 11.8 Å². The van der Waals surface area contributed by atoms with Crippen LogP contribution in [0.15, 0.2) is 54.0 Å². The Bertz CT molecular complexity index is 1210. The summed E-state index contributed by atoms with van der Waals surface area (Å²) >= 11 is 1.42. The lowest BCUT2D eigenvalue weighted by atomic mass is 9.97. The van der Waals surface area contributed by atoms with Gasteiger partial charge in [-0.15, -0.1) is 11.3 Å². The highest BCUT2D eigenvalue weighted by molar-refractivity contribution is 7.09. The van der Waals surface area contributed by atoms with Gasteiger partial charge < -0.3 is 9.47 Å². The molecule has 0 radical (unpaired) electrons. The van der Waals surface area contributed by atoms with Crippen LogP contribution in [-0.2, 0) is 11.8 Å². The molecule has 0 spiro atoms. The lowest BCUT2D eigenvalue weighted by molar-refractivity contribution is -0.126. The molecule has 1 aromatic carbocycles. The second-order valence-electron chi connectivity index (χ2n) is 7.67. The summed E-state index contributed by atoms with van der Waals surface area (Å²) in [7, 11) is 1.75. The molecule has 9 heteroatoms. The Morgan fingerprint density at radius 2 is 1.76 bits per heavy atom.